The van der Waals surface area contributed by atoms with Crippen molar-refractivity contribution in [3.05, 3.63) is 17.5 Å². The number of aromatic nitrogens is 5. The first-order valence-corrected chi connectivity index (χ1v) is 15.1. The second kappa shape index (κ2) is 9.03. The van der Waals surface area contributed by atoms with Gasteiger partial charge in [0.2, 0.25) is 11.6 Å². The zero-order chi connectivity index (χ0) is 25.2. The summed E-state index contributed by atoms with van der Waals surface area (Å²) in [5, 5.41) is 11.5. The van der Waals surface area contributed by atoms with Crippen molar-refractivity contribution < 1.29 is 14.0 Å². The summed E-state index contributed by atoms with van der Waals surface area (Å²) in [6.45, 7) is 4.68. The van der Waals surface area contributed by atoms with E-state index >= 15 is 0 Å². The number of likely N-dealkylation sites (N-methyl/N-ethyl adjacent to an activating group) is 1. The molecule has 3 atom stereocenters. The number of nitrogens with zero attached hydrogens (tertiary/aromatic N) is 6. The predicted molar refractivity (Wildman–Crippen MR) is 141 cm³/mol. The molecular formula is C27H36N6O3S. The molecule has 0 aromatic carbocycles. The monoisotopic (exact) mass is 524 g/mol. The van der Waals surface area contributed by atoms with Crippen molar-refractivity contribution in [2.75, 3.05) is 33.1 Å². The van der Waals surface area contributed by atoms with E-state index in [0.717, 1.165) is 78.8 Å². The van der Waals surface area contributed by atoms with Gasteiger partial charge < -0.3 is 18.9 Å². The fourth-order valence-electron chi connectivity index (χ4n) is 7.65. The van der Waals surface area contributed by atoms with Crippen molar-refractivity contribution >= 4 is 22.8 Å². The second-order valence-corrected chi connectivity index (χ2v) is 12.0. The van der Waals surface area contributed by atoms with Gasteiger partial charge in [-0.1, -0.05) is 11.6 Å². The molecule has 2 aliphatic heterocycles. The number of likely N-dealkylation sites (tertiary alicyclic amines) is 1. The Morgan fingerprint density at radius 3 is 2.68 bits per heavy atom. The lowest BCUT2D eigenvalue weighted by molar-refractivity contribution is -0.231. The zero-order valence-electron chi connectivity index (χ0n) is 22.0. The van der Waals surface area contributed by atoms with Crippen molar-refractivity contribution in [1.82, 2.24) is 29.8 Å². The molecule has 2 spiro atoms. The molecular weight excluding hydrogens is 488 g/mol. The van der Waals surface area contributed by atoms with Crippen LogP contribution in [0.1, 0.15) is 75.6 Å². The Kier molecular flexibility index (Phi) is 5.87. The topological polar surface area (TPSA) is 91.3 Å². The quantitative estimate of drug-likeness (QED) is 0.354. The molecule has 2 aliphatic carbocycles. The van der Waals surface area contributed by atoms with Crippen LogP contribution >= 0.6 is 11.8 Å². The van der Waals surface area contributed by atoms with E-state index in [1.807, 2.05) is 6.20 Å². The molecule has 5 heterocycles. The Labute approximate surface area is 221 Å². The van der Waals surface area contributed by atoms with Gasteiger partial charge in [-0.3, -0.25) is 0 Å². The Bertz CT molecular complexity index is 1320. The number of fused-ring (bicyclic) bond motifs is 4. The van der Waals surface area contributed by atoms with Crippen LogP contribution in [0.15, 0.2) is 15.7 Å². The molecule has 3 aromatic heterocycles. The van der Waals surface area contributed by atoms with E-state index in [9.17, 15) is 0 Å². The summed E-state index contributed by atoms with van der Waals surface area (Å²) in [6.07, 6.45) is 13.6. The number of hydrogen-bond donors (Lipinski definition) is 0. The van der Waals surface area contributed by atoms with Gasteiger partial charge in [0.15, 0.2) is 11.4 Å². The molecule has 0 N–H and O–H groups in total. The smallest absolute Gasteiger partial charge is 0.207 e. The van der Waals surface area contributed by atoms with Crippen LogP contribution in [0.5, 0.6) is 0 Å². The van der Waals surface area contributed by atoms with Gasteiger partial charge in [0, 0.05) is 18.0 Å². The van der Waals surface area contributed by atoms with Crippen LogP contribution in [0.2, 0.25) is 0 Å². The molecule has 1 saturated carbocycles. The number of rotatable bonds is 4. The maximum atomic E-state index is 6.38. The molecule has 7 rings (SSSR count). The Balaban J connectivity index is 1.34. The van der Waals surface area contributed by atoms with Gasteiger partial charge in [0.05, 0.1) is 41.9 Å². The summed E-state index contributed by atoms with van der Waals surface area (Å²) in [7, 11) is 2.21. The van der Waals surface area contributed by atoms with Gasteiger partial charge in [-0.2, -0.15) is 5.10 Å². The molecule has 2 saturated heterocycles. The van der Waals surface area contributed by atoms with Crippen LogP contribution in [-0.4, -0.2) is 74.7 Å². The first kappa shape index (κ1) is 24.1. The fraction of sp³-hybridized carbons (Fsp3) is 0.704. The predicted octanol–water partition coefficient (Wildman–Crippen LogP) is 4.75. The Morgan fingerprint density at radius 2 is 1.89 bits per heavy atom. The van der Waals surface area contributed by atoms with Gasteiger partial charge in [-0.25, -0.2) is 14.6 Å². The molecule has 0 amide bonds. The van der Waals surface area contributed by atoms with Gasteiger partial charge in [-0.15, -0.1) is 11.8 Å². The molecule has 0 bridgehead atoms. The number of thioether (sulfide) groups is 1. The molecule has 4 aliphatic rings. The molecule has 0 unspecified atom stereocenters. The maximum Gasteiger partial charge on any atom is 0.207 e. The molecule has 198 valence electrons. The number of hydrogen-bond acceptors (Lipinski definition) is 9. The highest BCUT2D eigenvalue weighted by Crippen LogP contribution is 2.56. The minimum absolute atomic E-state index is 0.216. The lowest BCUT2D eigenvalue weighted by Crippen LogP contribution is -2.56. The highest BCUT2D eigenvalue weighted by molar-refractivity contribution is 7.98. The van der Waals surface area contributed by atoms with Gasteiger partial charge in [0.25, 0.3) is 0 Å². The van der Waals surface area contributed by atoms with Crippen LogP contribution in [0.4, 0.5) is 0 Å². The maximum absolute atomic E-state index is 6.38. The molecule has 9 nitrogen and oxygen atoms in total. The van der Waals surface area contributed by atoms with Crippen molar-refractivity contribution in [2.24, 2.45) is 0 Å². The largest absolute Gasteiger partial charge is 0.352 e. The van der Waals surface area contributed by atoms with E-state index in [1.54, 1.807) is 11.8 Å². The highest BCUT2D eigenvalue weighted by Gasteiger charge is 2.61. The van der Waals surface area contributed by atoms with Gasteiger partial charge in [-0.05, 0) is 71.7 Å². The van der Waals surface area contributed by atoms with Crippen LogP contribution < -0.4 is 0 Å². The van der Waals surface area contributed by atoms with Crippen molar-refractivity contribution in [1.29, 1.82) is 0 Å². The highest BCUT2D eigenvalue weighted by atomic mass is 32.2. The third-order valence-corrected chi connectivity index (χ3v) is 10.1. The molecule has 10 heteroatoms. The van der Waals surface area contributed by atoms with Crippen LogP contribution in [-0.2, 0) is 21.3 Å². The summed E-state index contributed by atoms with van der Waals surface area (Å²) in [4.78, 5) is 12.5. The summed E-state index contributed by atoms with van der Waals surface area (Å²) in [5.41, 5.74) is 2.76. The first-order valence-electron chi connectivity index (χ1n) is 13.8. The van der Waals surface area contributed by atoms with E-state index in [0.29, 0.717) is 30.8 Å². The summed E-state index contributed by atoms with van der Waals surface area (Å²) in [5.74, 6) is 0.725. The fourth-order valence-corrected chi connectivity index (χ4v) is 8.19. The second-order valence-electron chi connectivity index (χ2n) is 11.2. The summed E-state index contributed by atoms with van der Waals surface area (Å²) >= 11 is 1.62. The van der Waals surface area contributed by atoms with Gasteiger partial charge in [0.1, 0.15) is 5.03 Å². The zero-order valence-corrected chi connectivity index (χ0v) is 22.9. The van der Waals surface area contributed by atoms with E-state index in [1.165, 1.54) is 12.8 Å². The van der Waals surface area contributed by atoms with Crippen LogP contribution in [0.3, 0.4) is 0 Å². The first-order chi connectivity index (χ1) is 18.1. The van der Waals surface area contributed by atoms with Crippen LogP contribution in [0.25, 0.3) is 22.6 Å². The summed E-state index contributed by atoms with van der Waals surface area (Å²) in [6, 6.07) is 0.666. The van der Waals surface area contributed by atoms with E-state index in [4.69, 9.17) is 34.2 Å². The van der Waals surface area contributed by atoms with E-state index in [2.05, 4.69) is 29.8 Å². The summed E-state index contributed by atoms with van der Waals surface area (Å²) < 4.78 is 21.0. The lowest BCUT2D eigenvalue weighted by atomic mass is 9.61. The average molecular weight is 525 g/mol. The standard InChI is InChI=1S/C27H36N6O3S/c1-17(20-9-7-13-32(20)2)33-24-19(16-28-33)25(37-3)30-23(29-24)21-18-8-6-11-26(22(18)31-36-21)10-4-5-12-27(26)34-14-15-35-27/h16-17,20H,4-15H2,1-3H3/t17-,20-,26-/m0/s1. The van der Waals surface area contributed by atoms with E-state index in [-0.39, 0.29) is 11.5 Å². The minimum atomic E-state index is -0.578. The molecule has 37 heavy (non-hydrogen) atoms. The Hall–Kier alpha value is -2.01. The normalized spacial score (nSPS) is 28.5. The van der Waals surface area contributed by atoms with Crippen molar-refractivity contribution in [3.63, 3.8) is 0 Å². The lowest BCUT2D eigenvalue weighted by Gasteiger charge is -2.50. The van der Waals surface area contributed by atoms with E-state index < -0.39 is 5.79 Å². The van der Waals surface area contributed by atoms with Gasteiger partial charge >= 0.3 is 0 Å². The average Bonchev–Trinajstić information content (AvgIpc) is 3.72. The SMILES string of the molecule is CSc1nc(-c2onc3c2CCC[C@@]32CCCCC23OCCO3)nc2c1cnn2[C@@H](C)[C@@H]1CCCN1C. The molecule has 0 radical (unpaired) electrons. The number of ether oxygens (including phenoxy) is 2. The van der Waals surface area contributed by atoms with Crippen molar-refractivity contribution in [3.8, 4) is 11.6 Å². The van der Waals surface area contributed by atoms with Crippen molar-refractivity contribution in [2.45, 2.75) is 93.0 Å². The van der Waals surface area contributed by atoms with Crippen LogP contribution in [0, 0.1) is 0 Å². The third kappa shape index (κ3) is 3.48. The Morgan fingerprint density at radius 1 is 1.08 bits per heavy atom. The molecule has 3 aromatic rings. The molecule has 3 fully saturated rings. The minimum Gasteiger partial charge on any atom is -0.352 e. The third-order valence-electron chi connectivity index (χ3n) is 9.45.